The Morgan fingerprint density at radius 2 is 2.09 bits per heavy atom. The molecule has 0 spiro atoms. The van der Waals surface area contributed by atoms with Crippen molar-refractivity contribution in [2.45, 2.75) is 18.6 Å². The molecule has 6 heteroatoms. The maximum Gasteiger partial charge on any atom is 0.230 e. The number of amides is 1. The number of benzene rings is 1. The van der Waals surface area contributed by atoms with Crippen molar-refractivity contribution < 1.29 is 4.79 Å². The van der Waals surface area contributed by atoms with Crippen molar-refractivity contribution in [2.24, 2.45) is 0 Å². The van der Waals surface area contributed by atoms with E-state index in [1.807, 2.05) is 37.3 Å². The standard InChI is InChI=1S/C16H16N4OS/c1-11-2-4-12(5-3-11)8-18-15(21)10-22-16-19-13-6-7-17-9-14(13)20-16/h2-7,9H,8,10H2,1H3,(H,18,21)(H,19,20). The van der Waals surface area contributed by atoms with E-state index in [4.69, 9.17) is 0 Å². The molecule has 0 aliphatic carbocycles. The van der Waals surface area contributed by atoms with Gasteiger partial charge in [0.05, 0.1) is 23.0 Å². The van der Waals surface area contributed by atoms with E-state index in [0.717, 1.165) is 21.8 Å². The van der Waals surface area contributed by atoms with Crippen LogP contribution in [0.1, 0.15) is 11.1 Å². The number of imidazole rings is 1. The second-order valence-corrected chi connectivity index (χ2v) is 5.95. The van der Waals surface area contributed by atoms with Crippen LogP contribution in [0.15, 0.2) is 47.9 Å². The smallest absolute Gasteiger partial charge is 0.230 e. The van der Waals surface area contributed by atoms with E-state index < -0.39 is 0 Å². The summed E-state index contributed by atoms with van der Waals surface area (Å²) >= 11 is 1.39. The number of thioether (sulfide) groups is 1. The highest BCUT2D eigenvalue weighted by molar-refractivity contribution is 7.99. The van der Waals surface area contributed by atoms with Crippen molar-refractivity contribution in [1.29, 1.82) is 0 Å². The van der Waals surface area contributed by atoms with Gasteiger partial charge in [0.1, 0.15) is 0 Å². The SMILES string of the molecule is Cc1ccc(CNC(=O)CSc2nc3ccncc3[nH]2)cc1. The lowest BCUT2D eigenvalue weighted by Crippen LogP contribution is -2.24. The zero-order valence-corrected chi connectivity index (χ0v) is 13.0. The summed E-state index contributed by atoms with van der Waals surface area (Å²) in [5, 5.41) is 3.64. The Hall–Kier alpha value is -2.34. The van der Waals surface area contributed by atoms with Crippen LogP contribution in [0.25, 0.3) is 11.0 Å². The summed E-state index contributed by atoms with van der Waals surface area (Å²) in [7, 11) is 0. The van der Waals surface area contributed by atoms with Crippen LogP contribution in [0.5, 0.6) is 0 Å². The van der Waals surface area contributed by atoms with E-state index >= 15 is 0 Å². The van der Waals surface area contributed by atoms with Gasteiger partial charge >= 0.3 is 0 Å². The highest BCUT2D eigenvalue weighted by Gasteiger charge is 2.07. The number of rotatable bonds is 5. The summed E-state index contributed by atoms with van der Waals surface area (Å²) in [6.45, 7) is 2.59. The van der Waals surface area contributed by atoms with Crippen LogP contribution < -0.4 is 5.32 Å². The minimum Gasteiger partial charge on any atom is -0.351 e. The van der Waals surface area contributed by atoms with E-state index in [1.165, 1.54) is 17.3 Å². The Balaban J connectivity index is 1.50. The molecular weight excluding hydrogens is 296 g/mol. The Bertz CT molecular complexity index is 749. The topological polar surface area (TPSA) is 70.7 Å². The van der Waals surface area contributed by atoms with E-state index in [1.54, 1.807) is 12.4 Å². The second-order valence-electron chi connectivity index (χ2n) is 4.99. The molecule has 3 rings (SSSR count). The van der Waals surface area contributed by atoms with E-state index in [-0.39, 0.29) is 5.91 Å². The van der Waals surface area contributed by atoms with Crippen LogP contribution in [0, 0.1) is 6.92 Å². The van der Waals surface area contributed by atoms with Crippen LogP contribution in [-0.4, -0.2) is 26.6 Å². The third-order valence-corrected chi connectivity index (χ3v) is 4.09. The van der Waals surface area contributed by atoms with Gasteiger partial charge in [-0.2, -0.15) is 0 Å². The number of carbonyl (C=O) groups excluding carboxylic acids is 1. The Morgan fingerprint density at radius 3 is 2.86 bits per heavy atom. The Kier molecular flexibility index (Phi) is 4.39. The fraction of sp³-hybridized carbons (Fsp3) is 0.188. The number of pyridine rings is 1. The molecule has 1 amide bonds. The summed E-state index contributed by atoms with van der Waals surface area (Å²) in [6, 6.07) is 9.97. The maximum atomic E-state index is 11.9. The molecule has 0 aliphatic rings. The number of hydrogen-bond donors (Lipinski definition) is 2. The van der Waals surface area contributed by atoms with Gasteiger partial charge in [0, 0.05) is 12.7 Å². The molecule has 2 aromatic heterocycles. The van der Waals surface area contributed by atoms with Gasteiger partial charge in [-0.05, 0) is 18.6 Å². The molecule has 0 saturated heterocycles. The van der Waals surface area contributed by atoms with Crippen molar-refractivity contribution in [2.75, 3.05) is 5.75 Å². The van der Waals surface area contributed by atoms with Gasteiger partial charge in [-0.3, -0.25) is 9.78 Å². The molecule has 0 fully saturated rings. The second kappa shape index (κ2) is 6.62. The summed E-state index contributed by atoms with van der Waals surface area (Å²) in [5.74, 6) is 0.322. The van der Waals surface area contributed by atoms with Crippen LogP contribution in [-0.2, 0) is 11.3 Å². The number of carbonyl (C=O) groups is 1. The highest BCUT2D eigenvalue weighted by Crippen LogP contribution is 2.18. The van der Waals surface area contributed by atoms with Crippen molar-refractivity contribution in [3.8, 4) is 0 Å². The maximum absolute atomic E-state index is 11.9. The zero-order chi connectivity index (χ0) is 15.4. The first-order chi connectivity index (χ1) is 10.7. The van der Waals surface area contributed by atoms with E-state index in [2.05, 4.69) is 20.3 Å². The first-order valence-electron chi connectivity index (χ1n) is 6.95. The monoisotopic (exact) mass is 312 g/mol. The molecule has 2 heterocycles. The summed E-state index contributed by atoms with van der Waals surface area (Å²) < 4.78 is 0. The molecular formula is C16H16N4OS. The summed E-state index contributed by atoms with van der Waals surface area (Å²) in [5.41, 5.74) is 4.05. The van der Waals surface area contributed by atoms with Crippen LogP contribution in [0.4, 0.5) is 0 Å². The number of nitrogens with one attached hydrogen (secondary N) is 2. The lowest BCUT2D eigenvalue weighted by atomic mass is 10.1. The number of aromatic nitrogens is 3. The van der Waals surface area contributed by atoms with Crippen molar-refractivity contribution in [1.82, 2.24) is 20.3 Å². The predicted molar refractivity (Wildman–Crippen MR) is 87.6 cm³/mol. The number of nitrogens with zero attached hydrogens (tertiary/aromatic N) is 2. The number of H-pyrrole nitrogens is 1. The van der Waals surface area contributed by atoms with E-state index in [9.17, 15) is 4.79 Å². The number of fused-ring (bicyclic) bond motifs is 1. The molecule has 0 atom stereocenters. The first kappa shape index (κ1) is 14.6. The van der Waals surface area contributed by atoms with Crippen LogP contribution in [0.2, 0.25) is 0 Å². The molecule has 0 saturated carbocycles. The third kappa shape index (κ3) is 3.65. The van der Waals surface area contributed by atoms with Gasteiger partial charge in [0.25, 0.3) is 0 Å². The first-order valence-corrected chi connectivity index (χ1v) is 7.94. The van der Waals surface area contributed by atoms with Gasteiger partial charge in [0.2, 0.25) is 5.91 Å². The van der Waals surface area contributed by atoms with Gasteiger partial charge in [-0.25, -0.2) is 4.98 Å². The Morgan fingerprint density at radius 1 is 1.27 bits per heavy atom. The lowest BCUT2D eigenvalue weighted by molar-refractivity contribution is -0.118. The molecule has 22 heavy (non-hydrogen) atoms. The molecule has 1 aromatic carbocycles. The number of aromatic amines is 1. The quantitative estimate of drug-likeness (QED) is 0.711. The predicted octanol–water partition coefficient (Wildman–Crippen LogP) is 2.67. The average molecular weight is 312 g/mol. The average Bonchev–Trinajstić information content (AvgIpc) is 2.95. The molecule has 2 N–H and O–H groups in total. The van der Waals surface area contributed by atoms with Crippen LogP contribution >= 0.6 is 11.8 Å². The highest BCUT2D eigenvalue weighted by atomic mass is 32.2. The van der Waals surface area contributed by atoms with Crippen molar-refractivity contribution >= 4 is 28.7 Å². The third-order valence-electron chi connectivity index (χ3n) is 3.21. The fourth-order valence-electron chi connectivity index (χ4n) is 1.99. The van der Waals surface area contributed by atoms with Crippen molar-refractivity contribution in [3.63, 3.8) is 0 Å². The van der Waals surface area contributed by atoms with Crippen LogP contribution in [0.3, 0.4) is 0 Å². The fourth-order valence-corrected chi connectivity index (χ4v) is 2.71. The molecule has 3 aromatic rings. The number of aryl methyl sites for hydroxylation is 1. The minimum absolute atomic E-state index is 0.0100. The minimum atomic E-state index is -0.0100. The molecule has 5 nitrogen and oxygen atoms in total. The Labute approximate surface area is 132 Å². The zero-order valence-electron chi connectivity index (χ0n) is 12.2. The molecule has 0 bridgehead atoms. The normalized spacial score (nSPS) is 10.8. The molecule has 0 radical (unpaired) electrons. The van der Waals surface area contributed by atoms with E-state index in [0.29, 0.717) is 12.3 Å². The number of hydrogen-bond acceptors (Lipinski definition) is 4. The summed E-state index contributed by atoms with van der Waals surface area (Å²) in [4.78, 5) is 23.5. The van der Waals surface area contributed by atoms with Gasteiger partial charge in [-0.1, -0.05) is 41.6 Å². The molecule has 0 aliphatic heterocycles. The van der Waals surface area contributed by atoms with Gasteiger partial charge in [-0.15, -0.1) is 0 Å². The van der Waals surface area contributed by atoms with Crippen molar-refractivity contribution in [3.05, 3.63) is 53.9 Å². The molecule has 0 unspecified atom stereocenters. The lowest BCUT2D eigenvalue weighted by Gasteiger charge is -2.04. The largest absolute Gasteiger partial charge is 0.351 e. The van der Waals surface area contributed by atoms with Gasteiger partial charge in [0.15, 0.2) is 5.16 Å². The molecule has 112 valence electrons. The van der Waals surface area contributed by atoms with Gasteiger partial charge < -0.3 is 10.3 Å². The summed E-state index contributed by atoms with van der Waals surface area (Å²) in [6.07, 6.45) is 3.43.